The van der Waals surface area contributed by atoms with Crippen LogP contribution >= 0.6 is 0 Å². The van der Waals surface area contributed by atoms with E-state index in [4.69, 9.17) is 0 Å². The molecule has 7 heteroatoms. The Balaban J connectivity index is 1.60. The molecule has 6 nitrogen and oxygen atoms in total. The molecule has 2 heterocycles. The highest BCUT2D eigenvalue weighted by Crippen LogP contribution is 2.59. The van der Waals surface area contributed by atoms with E-state index >= 15 is 0 Å². The third kappa shape index (κ3) is 2.69. The van der Waals surface area contributed by atoms with Gasteiger partial charge in [0, 0.05) is 32.2 Å². The monoisotopic (exact) mass is 363 g/mol. The van der Waals surface area contributed by atoms with Crippen molar-refractivity contribution in [3.8, 4) is 0 Å². The van der Waals surface area contributed by atoms with Crippen molar-refractivity contribution < 1.29 is 13.2 Å². The Labute approximate surface area is 149 Å². The fourth-order valence-corrected chi connectivity index (χ4v) is 5.24. The first-order chi connectivity index (χ1) is 11.8. The number of nitrogens with one attached hydrogen (secondary N) is 1. The number of amides is 1. The van der Waals surface area contributed by atoms with Gasteiger partial charge in [-0.1, -0.05) is 6.07 Å². The van der Waals surface area contributed by atoms with Crippen molar-refractivity contribution in [2.45, 2.75) is 30.6 Å². The smallest absolute Gasteiger partial charge is 0.242 e. The van der Waals surface area contributed by atoms with Crippen LogP contribution in [-0.2, 0) is 21.2 Å². The molecule has 2 aliphatic heterocycles. The van der Waals surface area contributed by atoms with E-state index in [2.05, 4.69) is 5.32 Å². The topological polar surface area (TPSA) is 69.7 Å². The molecule has 1 N–H and O–H groups in total. The van der Waals surface area contributed by atoms with Crippen LogP contribution < -0.4 is 10.2 Å². The van der Waals surface area contributed by atoms with Crippen LogP contribution in [0.15, 0.2) is 23.1 Å². The second-order valence-electron chi connectivity index (χ2n) is 7.69. The molecule has 1 saturated heterocycles. The fraction of sp³-hybridized carbons (Fsp3) is 0.611. The van der Waals surface area contributed by atoms with E-state index in [0.717, 1.165) is 50.0 Å². The third-order valence-electron chi connectivity index (χ3n) is 6.08. The lowest BCUT2D eigenvalue weighted by Gasteiger charge is -2.25. The van der Waals surface area contributed by atoms with Crippen molar-refractivity contribution >= 4 is 21.6 Å². The van der Waals surface area contributed by atoms with Gasteiger partial charge >= 0.3 is 0 Å². The summed E-state index contributed by atoms with van der Waals surface area (Å²) in [5, 5.41) is 3.36. The quantitative estimate of drug-likeness (QED) is 0.877. The Morgan fingerprint density at radius 2 is 2.00 bits per heavy atom. The molecule has 2 fully saturated rings. The van der Waals surface area contributed by atoms with E-state index in [-0.39, 0.29) is 22.1 Å². The number of anilines is 1. The summed E-state index contributed by atoms with van der Waals surface area (Å²) in [6.45, 7) is 2.64. The zero-order chi connectivity index (χ0) is 17.8. The van der Waals surface area contributed by atoms with E-state index in [1.54, 1.807) is 12.1 Å². The number of benzene rings is 1. The van der Waals surface area contributed by atoms with Crippen molar-refractivity contribution in [2.75, 3.05) is 38.6 Å². The van der Waals surface area contributed by atoms with Crippen LogP contribution in [-0.4, -0.2) is 52.4 Å². The number of carbonyl (C=O) groups is 1. The Kier molecular flexibility index (Phi) is 3.94. The molecule has 0 bridgehead atoms. The van der Waals surface area contributed by atoms with Crippen LogP contribution in [0.1, 0.15) is 24.8 Å². The Morgan fingerprint density at radius 3 is 2.68 bits per heavy atom. The molecule has 1 spiro atoms. The number of sulfonamides is 1. The van der Waals surface area contributed by atoms with Gasteiger partial charge in [-0.05, 0) is 61.9 Å². The summed E-state index contributed by atoms with van der Waals surface area (Å²) in [5.74, 6) is 0.287. The van der Waals surface area contributed by atoms with Gasteiger partial charge in [-0.25, -0.2) is 12.7 Å². The molecule has 0 aromatic heterocycles. The van der Waals surface area contributed by atoms with Crippen LogP contribution in [0.2, 0.25) is 0 Å². The van der Waals surface area contributed by atoms with Crippen molar-refractivity contribution in [3.05, 3.63) is 23.8 Å². The lowest BCUT2D eigenvalue weighted by atomic mass is 9.91. The molecule has 3 aliphatic rings. The minimum absolute atomic E-state index is 0.106. The van der Waals surface area contributed by atoms with Gasteiger partial charge in [-0.3, -0.25) is 4.79 Å². The van der Waals surface area contributed by atoms with E-state index in [9.17, 15) is 13.2 Å². The van der Waals surface area contributed by atoms with Crippen LogP contribution in [0, 0.1) is 11.3 Å². The van der Waals surface area contributed by atoms with Gasteiger partial charge in [0.1, 0.15) is 0 Å². The molecule has 25 heavy (non-hydrogen) atoms. The molecular formula is C18H25N3O3S. The van der Waals surface area contributed by atoms with Gasteiger partial charge in [0.2, 0.25) is 15.9 Å². The molecule has 1 aromatic rings. The lowest BCUT2D eigenvalue weighted by Crippen LogP contribution is -2.35. The van der Waals surface area contributed by atoms with E-state index in [1.165, 1.54) is 18.4 Å². The van der Waals surface area contributed by atoms with Gasteiger partial charge in [0.15, 0.2) is 0 Å². The summed E-state index contributed by atoms with van der Waals surface area (Å²) in [6.07, 6.45) is 3.91. The van der Waals surface area contributed by atoms with Crippen molar-refractivity contribution in [1.82, 2.24) is 9.62 Å². The summed E-state index contributed by atoms with van der Waals surface area (Å²) in [5.41, 5.74) is 2.04. The van der Waals surface area contributed by atoms with Gasteiger partial charge in [-0.15, -0.1) is 0 Å². The first-order valence-electron chi connectivity index (χ1n) is 8.93. The SMILES string of the molecule is CN(C)S(=O)(=O)c1ccc2c(c1)N(C(=O)C1CC13CCNCC3)CC2. The maximum atomic E-state index is 13.1. The number of carbonyl (C=O) groups excluding carboxylic acids is 1. The second-order valence-corrected chi connectivity index (χ2v) is 9.84. The molecule has 4 rings (SSSR count). The summed E-state index contributed by atoms with van der Waals surface area (Å²) >= 11 is 0. The number of hydrogen-bond donors (Lipinski definition) is 1. The zero-order valence-corrected chi connectivity index (χ0v) is 15.6. The van der Waals surface area contributed by atoms with Gasteiger partial charge < -0.3 is 10.2 Å². The number of piperidine rings is 1. The average molecular weight is 363 g/mol. The molecule has 136 valence electrons. The summed E-state index contributed by atoms with van der Waals surface area (Å²) in [7, 11) is -0.443. The van der Waals surface area contributed by atoms with E-state index in [1.807, 2.05) is 11.0 Å². The maximum absolute atomic E-state index is 13.1. The highest BCUT2D eigenvalue weighted by Gasteiger charge is 2.59. The van der Waals surface area contributed by atoms with Crippen molar-refractivity contribution in [3.63, 3.8) is 0 Å². The summed E-state index contributed by atoms with van der Waals surface area (Å²) in [4.78, 5) is 15.2. The fourth-order valence-electron chi connectivity index (χ4n) is 4.32. The summed E-state index contributed by atoms with van der Waals surface area (Å²) in [6, 6.07) is 5.17. The van der Waals surface area contributed by atoms with Crippen LogP contribution in [0.5, 0.6) is 0 Å². The number of fused-ring (bicyclic) bond motifs is 1. The number of hydrogen-bond acceptors (Lipinski definition) is 4. The van der Waals surface area contributed by atoms with Gasteiger partial charge in [0.25, 0.3) is 0 Å². The Morgan fingerprint density at radius 1 is 1.28 bits per heavy atom. The van der Waals surface area contributed by atoms with Crippen LogP contribution in [0.4, 0.5) is 5.69 Å². The van der Waals surface area contributed by atoms with E-state index < -0.39 is 10.0 Å². The standard InChI is InChI=1S/C18H25N3O3S/c1-20(2)25(23,24)14-4-3-13-5-10-21(16(13)11-14)17(22)15-12-18(15)6-8-19-9-7-18/h3-4,11,15,19H,5-10,12H2,1-2H3. The molecule has 0 radical (unpaired) electrons. The van der Waals surface area contributed by atoms with E-state index in [0.29, 0.717) is 6.54 Å². The molecule has 1 aromatic carbocycles. The van der Waals surface area contributed by atoms with Crippen LogP contribution in [0.3, 0.4) is 0 Å². The van der Waals surface area contributed by atoms with Crippen LogP contribution in [0.25, 0.3) is 0 Å². The second kappa shape index (κ2) is 5.79. The number of nitrogens with zero attached hydrogens (tertiary/aromatic N) is 2. The van der Waals surface area contributed by atoms with Gasteiger partial charge in [0.05, 0.1) is 4.90 Å². The lowest BCUT2D eigenvalue weighted by molar-refractivity contribution is -0.120. The minimum Gasteiger partial charge on any atom is -0.317 e. The largest absolute Gasteiger partial charge is 0.317 e. The summed E-state index contributed by atoms with van der Waals surface area (Å²) < 4.78 is 26.0. The Bertz CT molecular complexity index is 813. The third-order valence-corrected chi connectivity index (χ3v) is 7.90. The molecular weight excluding hydrogens is 338 g/mol. The highest BCUT2D eigenvalue weighted by molar-refractivity contribution is 7.89. The van der Waals surface area contributed by atoms with Crippen molar-refractivity contribution in [1.29, 1.82) is 0 Å². The first kappa shape index (κ1) is 17.0. The number of rotatable bonds is 3. The maximum Gasteiger partial charge on any atom is 0.242 e. The molecule has 1 unspecified atom stereocenters. The first-order valence-corrected chi connectivity index (χ1v) is 10.4. The highest BCUT2D eigenvalue weighted by atomic mass is 32.2. The molecule has 1 atom stereocenters. The van der Waals surface area contributed by atoms with Crippen molar-refractivity contribution in [2.24, 2.45) is 11.3 Å². The molecule has 1 aliphatic carbocycles. The molecule has 1 saturated carbocycles. The predicted molar refractivity (Wildman–Crippen MR) is 96.0 cm³/mol. The zero-order valence-electron chi connectivity index (χ0n) is 14.8. The molecule has 1 amide bonds. The normalized spacial score (nSPS) is 24.6. The predicted octanol–water partition coefficient (Wildman–Crippen LogP) is 1.22. The Hall–Kier alpha value is -1.44. The minimum atomic E-state index is -3.49. The van der Waals surface area contributed by atoms with Gasteiger partial charge in [-0.2, -0.15) is 0 Å². The average Bonchev–Trinajstić information content (AvgIpc) is 3.11.